The van der Waals surface area contributed by atoms with Crippen molar-refractivity contribution in [2.45, 2.75) is 32.4 Å². The van der Waals surface area contributed by atoms with Gasteiger partial charge in [-0.3, -0.25) is 9.00 Å². The lowest BCUT2D eigenvalue weighted by molar-refractivity contribution is -0.141. The van der Waals surface area contributed by atoms with Crippen LogP contribution in [0.25, 0.3) is 0 Å². The van der Waals surface area contributed by atoms with Crippen LogP contribution in [0.1, 0.15) is 27.2 Å². The normalized spacial score (nSPS) is 18.2. The smallest absolute Gasteiger partial charge is 0.307 e. The summed E-state index contributed by atoms with van der Waals surface area (Å²) in [6.45, 7) is 5.27. The minimum absolute atomic E-state index is 0.248. The zero-order valence-electron chi connectivity index (χ0n) is 7.74. The zero-order chi connectivity index (χ0) is 9.72. The van der Waals surface area contributed by atoms with Gasteiger partial charge in [0.05, 0.1) is 5.92 Å². The molecule has 0 radical (unpaired) electrons. The third kappa shape index (κ3) is 3.34. The molecule has 4 heteroatoms. The molecule has 0 bridgehead atoms. The Morgan fingerprint density at radius 1 is 1.50 bits per heavy atom. The lowest BCUT2D eigenvalue weighted by atomic mass is 10.1. The van der Waals surface area contributed by atoms with E-state index in [4.69, 9.17) is 5.11 Å². The molecule has 1 N–H and O–H groups in total. The maximum atomic E-state index is 11.3. The largest absolute Gasteiger partial charge is 0.481 e. The van der Waals surface area contributed by atoms with Gasteiger partial charge in [0.15, 0.2) is 0 Å². The molecule has 3 nitrogen and oxygen atoms in total. The minimum atomic E-state index is -0.996. The standard InChI is InChI=1S/C8H16O3S/c1-4-5-12(11)7(3)6(2)8(9)10/h6-7H,4-5H2,1-3H3,(H,9,10). The Balaban J connectivity index is 4.09. The molecular formula is C8H16O3S. The molecule has 0 aliphatic rings. The van der Waals surface area contributed by atoms with Crippen molar-refractivity contribution in [2.75, 3.05) is 5.75 Å². The van der Waals surface area contributed by atoms with Crippen LogP contribution < -0.4 is 0 Å². The van der Waals surface area contributed by atoms with Gasteiger partial charge in [-0.15, -0.1) is 0 Å². The van der Waals surface area contributed by atoms with Gasteiger partial charge < -0.3 is 5.11 Å². The van der Waals surface area contributed by atoms with Crippen LogP contribution in [0.15, 0.2) is 0 Å². The van der Waals surface area contributed by atoms with Crippen LogP contribution in [0.2, 0.25) is 0 Å². The zero-order valence-corrected chi connectivity index (χ0v) is 8.56. The molecule has 3 atom stereocenters. The lowest BCUT2D eigenvalue weighted by Crippen LogP contribution is -2.28. The summed E-state index contributed by atoms with van der Waals surface area (Å²) in [6, 6.07) is 0. The SMILES string of the molecule is CCCS(=O)C(C)C(C)C(=O)O. The summed E-state index contributed by atoms with van der Waals surface area (Å²) in [7, 11) is -0.996. The Bertz CT molecular complexity index is 179. The predicted octanol–water partition coefficient (Wildman–Crippen LogP) is 1.25. The number of carboxylic acid groups (broad SMARTS) is 1. The van der Waals surface area contributed by atoms with E-state index < -0.39 is 22.7 Å². The van der Waals surface area contributed by atoms with Gasteiger partial charge in [-0.05, 0) is 13.3 Å². The van der Waals surface area contributed by atoms with Crippen LogP contribution >= 0.6 is 0 Å². The maximum absolute atomic E-state index is 11.3. The van der Waals surface area contributed by atoms with Crippen molar-refractivity contribution in [2.24, 2.45) is 5.92 Å². The third-order valence-corrected chi connectivity index (χ3v) is 3.96. The summed E-state index contributed by atoms with van der Waals surface area (Å²) in [5, 5.41) is 8.39. The van der Waals surface area contributed by atoms with Gasteiger partial charge in [0.2, 0.25) is 0 Å². The van der Waals surface area contributed by atoms with E-state index in [1.165, 1.54) is 0 Å². The molecule has 0 amide bonds. The molecule has 0 aliphatic heterocycles. The van der Waals surface area contributed by atoms with Crippen LogP contribution in [0, 0.1) is 5.92 Å². The van der Waals surface area contributed by atoms with Crippen molar-refractivity contribution in [3.63, 3.8) is 0 Å². The summed E-state index contributed by atoms with van der Waals surface area (Å²) >= 11 is 0. The molecule has 72 valence electrons. The van der Waals surface area contributed by atoms with Crippen molar-refractivity contribution in [1.82, 2.24) is 0 Å². The fraction of sp³-hybridized carbons (Fsp3) is 0.875. The molecule has 0 saturated heterocycles. The number of carboxylic acids is 1. The quantitative estimate of drug-likeness (QED) is 0.713. The highest BCUT2D eigenvalue weighted by Crippen LogP contribution is 2.10. The summed E-state index contributed by atoms with van der Waals surface area (Å²) in [5.41, 5.74) is 0. The Hall–Kier alpha value is -0.380. The Morgan fingerprint density at radius 3 is 2.33 bits per heavy atom. The van der Waals surface area contributed by atoms with Gasteiger partial charge in [-0.1, -0.05) is 13.8 Å². The highest BCUT2D eigenvalue weighted by Gasteiger charge is 2.23. The van der Waals surface area contributed by atoms with E-state index >= 15 is 0 Å². The van der Waals surface area contributed by atoms with Gasteiger partial charge >= 0.3 is 5.97 Å². The van der Waals surface area contributed by atoms with Crippen LogP contribution in [0.4, 0.5) is 0 Å². The first-order valence-corrected chi connectivity index (χ1v) is 5.48. The minimum Gasteiger partial charge on any atom is -0.481 e. The molecular weight excluding hydrogens is 176 g/mol. The second-order valence-corrected chi connectivity index (χ2v) is 4.83. The summed E-state index contributed by atoms with van der Waals surface area (Å²) in [6.07, 6.45) is 0.837. The topological polar surface area (TPSA) is 54.4 Å². The maximum Gasteiger partial charge on any atom is 0.307 e. The van der Waals surface area contributed by atoms with E-state index in [-0.39, 0.29) is 5.25 Å². The first-order valence-electron chi connectivity index (χ1n) is 4.10. The number of aliphatic carboxylic acids is 1. The van der Waals surface area contributed by atoms with E-state index in [0.717, 1.165) is 6.42 Å². The summed E-state index contributed by atoms with van der Waals surface area (Å²) < 4.78 is 11.3. The van der Waals surface area contributed by atoms with Crippen molar-refractivity contribution in [3.8, 4) is 0 Å². The summed E-state index contributed by atoms with van der Waals surface area (Å²) in [4.78, 5) is 10.5. The molecule has 0 aromatic rings. The van der Waals surface area contributed by atoms with Crippen molar-refractivity contribution in [1.29, 1.82) is 0 Å². The second kappa shape index (κ2) is 5.30. The average molecular weight is 192 g/mol. The van der Waals surface area contributed by atoms with Gasteiger partial charge in [-0.2, -0.15) is 0 Å². The Labute approximate surface area is 75.6 Å². The number of rotatable bonds is 5. The molecule has 0 rings (SSSR count). The second-order valence-electron chi connectivity index (χ2n) is 2.92. The number of hydrogen-bond acceptors (Lipinski definition) is 2. The van der Waals surface area contributed by atoms with E-state index in [1.807, 2.05) is 6.92 Å². The van der Waals surface area contributed by atoms with Crippen molar-refractivity contribution >= 4 is 16.8 Å². The van der Waals surface area contributed by atoms with Gasteiger partial charge in [0.1, 0.15) is 0 Å². The number of hydrogen-bond donors (Lipinski definition) is 1. The average Bonchev–Trinajstić information content (AvgIpc) is 2.02. The molecule has 0 aromatic carbocycles. The van der Waals surface area contributed by atoms with Gasteiger partial charge in [-0.25, -0.2) is 0 Å². The predicted molar refractivity (Wildman–Crippen MR) is 49.6 cm³/mol. The fourth-order valence-electron chi connectivity index (χ4n) is 0.816. The van der Waals surface area contributed by atoms with Crippen molar-refractivity contribution < 1.29 is 14.1 Å². The molecule has 3 unspecified atom stereocenters. The van der Waals surface area contributed by atoms with Crippen LogP contribution in [0.3, 0.4) is 0 Å². The van der Waals surface area contributed by atoms with Gasteiger partial charge in [0.25, 0.3) is 0 Å². The van der Waals surface area contributed by atoms with Crippen LogP contribution in [0.5, 0.6) is 0 Å². The molecule has 0 fully saturated rings. The lowest BCUT2D eigenvalue weighted by Gasteiger charge is -2.14. The fourth-order valence-corrected chi connectivity index (χ4v) is 2.16. The third-order valence-electron chi connectivity index (χ3n) is 1.91. The Kier molecular flexibility index (Phi) is 5.13. The molecule has 12 heavy (non-hydrogen) atoms. The van der Waals surface area contributed by atoms with E-state index in [9.17, 15) is 9.00 Å². The van der Waals surface area contributed by atoms with Gasteiger partial charge in [0, 0.05) is 21.8 Å². The monoisotopic (exact) mass is 192 g/mol. The highest BCUT2D eigenvalue weighted by molar-refractivity contribution is 7.85. The van der Waals surface area contributed by atoms with Crippen LogP contribution in [-0.4, -0.2) is 26.3 Å². The molecule has 0 saturated carbocycles. The first kappa shape index (κ1) is 11.6. The van der Waals surface area contributed by atoms with E-state index in [2.05, 4.69) is 0 Å². The number of carbonyl (C=O) groups is 1. The van der Waals surface area contributed by atoms with Crippen LogP contribution in [-0.2, 0) is 15.6 Å². The molecule has 0 spiro atoms. The Morgan fingerprint density at radius 2 is 2.00 bits per heavy atom. The highest BCUT2D eigenvalue weighted by atomic mass is 32.2. The molecule has 0 aromatic heterocycles. The molecule has 0 heterocycles. The van der Waals surface area contributed by atoms with E-state index in [1.54, 1.807) is 13.8 Å². The first-order chi connectivity index (χ1) is 5.50. The van der Waals surface area contributed by atoms with E-state index in [0.29, 0.717) is 5.75 Å². The van der Waals surface area contributed by atoms with Crippen molar-refractivity contribution in [3.05, 3.63) is 0 Å². The summed E-state index contributed by atoms with van der Waals surface area (Å²) in [5.74, 6) is -0.789. The molecule has 0 aliphatic carbocycles.